The van der Waals surface area contributed by atoms with Gasteiger partial charge in [-0.3, -0.25) is 4.79 Å². The quantitative estimate of drug-likeness (QED) is 0.828. The lowest BCUT2D eigenvalue weighted by Gasteiger charge is -2.08. The number of aromatic amines is 1. The molecule has 0 saturated heterocycles. The van der Waals surface area contributed by atoms with Gasteiger partial charge in [0.1, 0.15) is 5.65 Å². The summed E-state index contributed by atoms with van der Waals surface area (Å²) < 4.78 is 0. The van der Waals surface area contributed by atoms with Crippen molar-refractivity contribution < 1.29 is 9.90 Å². The van der Waals surface area contributed by atoms with Crippen LogP contribution in [0.5, 0.6) is 0 Å². The second-order valence-corrected chi connectivity index (χ2v) is 3.98. The molecule has 84 valence electrons. The van der Waals surface area contributed by atoms with Crippen LogP contribution in [0.4, 0.5) is 0 Å². The fourth-order valence-electron chi connectivity index (χ4n) is 1.88. The van der Waals surface area contributed by atoms with E-state index in [1.54, 1.807) is 6.20 Å². The standard InChI is InChI=1S/C12H14N2O2/c1-8(4-5-11(15)16)10-7-14-12-9(10)3-2-6-13-12/h2-3,6-8H,4-5H2,1H3,(H,13,14)(H,15,16). The molecule has 2 aromatic heterocycles. The molecule has 0 spiro atoms. The smallest absolute Gasteiger partial charge is 0.303 e. The van der Waals surface area contributed by atoms with Crippen LogP contribution in [-0.2, 0) is 4.79 Å². The molecule has 0 bridgehead atoms. The van der Waals surface area contributed by atoms with E-state index in [-0.39, 0.29) is 12.3 Å². The predicted molar refractivity (Wildman–Crippen MR) is 61.4 cm³/mol. The Morgan fingerprint density at radius 3 is 3.19 bits per heavy atom. The van der Waals surface area contributed by atoms with Crippen LogP contribution >= 0.6 is 0 Å². The molecule has 4 heteroatoms. The Hall–Kier alpha value is -1.84. The summed E-state index contributed by atoms with van der Waals surface area (Å²) in [4.78, 5) is 17.8. The zero-order chi connectivity index (χ0) is 11.5. The molecule has 2 heterocycles. The van der Waals surface area contributed by atoms with Crippen LogP contribution in [0.3, 0.4) is 0 Å². The first-order chi connectivity index (χ1) is 7.68. The lowest BCUT2D eigenvalue weighted by atomic mass is 9.96. The predicted octanol–water partition coefficient (Wildman–Crippen LogP) is 2.53. The van der Waals surface area contributed by atoms with E-state index in [1.165, 1.54) is 0 Å². The van der Waals surface area contributed by atoms with Crippen molar-refractivity contribution in [2.45, 2.75) is 25.7 Å². The van der Waals surface area contributed by atoms with Gasteiger partial charge < -0.3 is 10.1 Å². The highest BCUT2D eigenvalue weighted by Gasteiger charge is 2.12. The highest BCUT2D eigenvalue weighted by Crippen LogP contribution is 2.27. The average Bonchev–Trinajstić information content (AvgIpc) is 2.69. The van der Waals surface area contributed by atoms with Crippen molar-refractivity contribution in [2.24, 2.45) is 0 Å². The van der Waals surface area contributed by atoms with Crippen LogP contribution in [-0.4, -0.2) is 21.0 Å². The van der Waals surface area contributed by atoms with E-state index in [0.717, 1.165) is 16.6 Å². The number of carboxylic acids is 1. The molecule has 1 atom stereocenters. The van der Waals surface area contributed by atoms with E-state index in [1.807, 2.05) is 25.3 Å². The number of hydrogen-bond donors (Lipinski definition) is 2. The first kappa shape index (κ1) is 10.7. The third kappa shape index (κ3) is 2.05. The molecule has 0 aliphatic carbocycles. The maximum absolute atomic E-state index is 10.5. The molecule has 0 radical (unpaired) electrons. The van der Waals surface area contributed by atoms with Gasteiger partial charge in [-0.25, -0.2) is 4.98 Å². The van der Waals surface area contributed by atoms with Crippen molar-refractivity contribution in [1.82, 2.24) is 9.97 Å². The van der Waals surface area contributed by atoms with E-state index in [4.69, 9.17) is 5.11 Å². The number of H-pyrrole nitrogens is 1. The Morgan fingerprint density at radius 1 is 1.62 bits per heavy atom. The number of nitrogens with zero attached hydrogens (tertiary/aromatic N) is 1. The lowest BCUT2D eigenvalue weighted by Crippen LogP contribution is -1.99. The first-order valence-electron chi connectivity index (χ1n) is 5.32. The fourth-order valence-corrected chi connectivity index (χ4v) is 1.88. The van der Waals surface area contributed by atoms with E-state index < -0.39 is 5.97 Å². The van der Waals surface area contributed by atoms with E-state index in [9.17, 15) is 4.79 Å². The second kappa shape index (κ2) is 4.35. The Kier molecular flexibility index (Phi) is 2.90. The molecule has 4 nitrogen and oxygen atoms in total. The zero-order valence-electron chi connectivity index (χ0n) is 9.10. The molecular weight excluding hydrogens is 204 g/mol. The number of nitrogens with one attached hydrogen (secondary N) is 1. The van der Waals surface area contributed by atoms with Gasteiger partial charge in [0, 0.05) is 24.2 Å². The number of aliphatic carboxylic acids is 1. The second-order valence-electron chi connectivity index (χ2n) is 3.98. The minimum Gasteiger partial charge on any atom is -0.481 e. The average molecular weight is 218 g/mol. The van der Waals surface area contributed by atoms with Crippen molar-refractivity contribution in [3.63, 3.8) is 0 Å². The molecule has 0 aliphatic rings. The largest absolute Gasteiger partial charge is 0.481 e. The Morgan fingerprint density at radius 2 is 2.44 bits per heavy atom. The van der Waals surface area contributed by atoms with Crippen LogP contribution in [0.1, 0.15) is 31.2 Å². The Labute approximate surface area is 93.3 Å². The number of aromatic nitrogens is 2. The highest BCUT2D eigenvalue weighted by molar-refractivity contribution is 5.80. The summed E-state index contributed by atoms with van der Waals surface area (Å²) in [7, 11) is 0. The highest BCUT2D eigenvalue weighted by atomic mass is 16.4. The summed E-state index contributed by atoms with van der Waals surface area (Å²) in [5.74, 6) is -0.515. The molecule has 0 aliphatic heterocycles. The molecule has 2 rings (SSSR count). The van der Waals surface area contributed by atoms with Crippen LogP contribution in [0.25, 0.3) is 11.0 Å². The van der Waals surface area contributed by atoms with Crippen LogP contribution in [0, 0.1) is 0 Å². The summed E-state index contributed by atoms with van der Waals surface area (Å²) in [6.45, 7) is 2.04. The molecule has 16 heavy (non-hydrogen) atoms. The maximum Gasteiger partial charge on any atom is 0.303 e. The van der Waals surface area contributed by atoms with E-state index in [2.05, 4.69) is 9.97 Å². The van der Waals surface area contributed by atoms with E-state index >= 15 is 0 Å². The fraction of sp³-hybridized carbons (Fsp3) is 0.333. The Bertz CT molecular complexity index is 504. The lowest BCUT2D eigenvalue weighted by molar-refractivity contribution is -0.137. The summed E-state index contributed by atoms with van der Waals surface area (Å²) in [6, 6.07) is 3.90. The van der Waals surface area contributed by atoms with Gasteiger partial charge in [-0.2, -0.15) is 0 Å². The summed E-state index contributed by atoms with van der Waals surface area (Å²) in [5.41, 5.74) is 2.00. The maximum atomic E-state index is 10.5. The molecule has 0 saturated carbocycles. The number of hydrogen-bond acceptors (Lipinski definition) is 2. The van der Waals surface area contributed by atoms with Crippen molar-refractivity contribution >= 4 is 17.0 Å². The number of carbonyl (C=O) groups is 1. The van der Waals surface area contributed by atoms with Crippen LogP contribution in [0.15, 0.2) is 24.5 Å². The van der Waals surface area contributed by atoms with Gasteiger partial charge in [-0.1, -0.05) is 6.92 Å². The molecule has 2 N–H and O–H groups in total. The van der Waals surface area contributed by atoms with Gasteiger partial charge in [0.05, 0.1) is 0 Å². The van der Waals surface area contributed by atoms with E-state index in [0.29, 0.717) is 6.42 Å². The number of rotatable bonds is 4. The van der Waals surface area contributed by atoms with Crippen molar-refractivity contribution in [2.75, 3.05) is 0 Å². The third-order valence-corrected chi connectivity index (χ3v) is 2.81. The number of carboxylic acid groups (broad SMARTS) is 1. The normalized spacial score (nSPS) is 12.8. The van der Waals surface area contributed by atoms with Gasteiger partial charge in [0.2, 0.25) is 0 Å². The van der Waals surface area contributed by atoms with Crippen molar-refractivity contribution in [3.8, 4) is 0 Å². The molecule has 0 amide bonds. The Balaban J connectivity index is 2.22. The van der Waals surface area contributed by atoms with Gasteiger partial charge >= 0.3 is 5.97 Å². The molecule has 1 unspecified atom stereocenters. The van der Waals surface area contributed by atoms with Gasteiger partial charge in [-0.15, -0.1) is 0 Å². The summed E-state index contributed by atoms with van der Waals surface area (Å²) in [6.07, 6.45) is 4.51. The first-order valence-corrected chi connectivity index (χ1v) is 5.32. The third-order valence-electron chi connectivity index (χ3n) is 2.81. The summed E-state index contributed by atoms with van der Waals surface area (Å²) >= 11 is 0. The van der Waals surface area contributed by atoms with Crippen molar-refractivity contribution in [1.29, 1.82) is 0 Å². The minimum absolute atomic E-state index is 0.202. The SMILES string of the molecule is CC(CCC(=O)O)c1c[nH]c2ncccc12. The zero-order valence-corrected chi connectivity index (χ0v) is 9.10. The topological polar surface area (TPSA) is 66.0 Å². The summed E-state index contributed by atoms with van der Waals surface area (Å²) in [5, 5.41) is 9.74. The van der Waals surface area contributed by atoms with Crippen LogP contribution < -0.4 is 0 Å². The number of fused-ring (bicyclic) bond motifs is 1. The monoisotopic (exact) mass is 218 g/mol. The molecule has 0 fully saturated rings. The van der Waals surface area contributed by atoms with Gasteiger partial charge in [0.15, 0.2) is 0 Å². The molecule has 0 aromatic carbocycles. The van der Waals surface area contributed by atoms with Gasteiger partial charge in [-0.05, 0) is 30.0 Å². The van der Waals surface area contributed by atoms with Crippen LogP contribution in [0.2, 0.25) is 0 Å². The van der Waals surface area contributed by atoms with Gasteiger partial charge in [0.25, 0.3) is 0 Å². The minimum atomic E-state index is -0.746. The molecular formula is C12H14N2O2. The molecule has 2 aromatic rings. The number of pyridine rings is 1. The van der Waals surface area contributed by atoms with Crippen molar-refractivity contribution in [3.05, 3.63) is 30.1 Å².